The van der Waals surface area contributed by atoms with Crippen molar-refractivity contribution in [2.24, 2.45) is 0 Å². The van der Waals surface area contributed by atoms with Crippen LogP contribution in [0.4, 0.5) is 0 Å². The molecule has 0 saturated heterocycles. The summed E-state index contributed by atoms with van der Waals surface area (Å²) in [6, 6.07) is 9.10. The molecule has 1 aromatic carbocycles. The third-order valence-corrected chi connectivity index (χ3v) is 0.936. The Bertz CT molecular complexity index is 245. The molecule has 0 amide bonds. The Hall–Kier alpha value is -0.555. The van der Waals surface area contributed by atoms with Gasteiger partial charge >= 0.3 is 29.6 Å². The number of nitrogens with zero attached hydrogens (tertiary/aromatic N) is 1. The van der Waals surface area contributed by atoms with E-state index in [-0.39, 0.29) is 37.4 Å². The molecule has 0 aliphatic rings. The summed E-state index contributed by atoms with van der Waals surface area (Å²) in [5.41, 5.74) is 0.729. The molecule has 1 rings (SSSR count). The quantitative estimate of drug-likeness (QED) is 0.340. The van der Waals surface area contributed by atoms with Crippen molar-refractivity contribution in [3.8, 4) is 5.97 Å². The van der Waals surface area contributed by atoms with Gasteiger partial charge in [-0.3, -0.25) is 10.1 Å². The monoisotopic (exact) mass is 169 g/mol. The number of aldehydes is 1. The summed E-state index contributed by atoms with van der Waals surface area (Å²) >= 11 is 0. The largest absolute Gasteiger partial charge is 1.00 e. The molecule has 0 unspecified atom stereocenters. The number of hydrogen-bond acceptors (Lipinski definition) is 2. The van der Waals surface area contributed by atoms with E-state index in [4.69, 9.17) is 5.26 Å². The maximum Gasteiger partial charge on any atom is 1.00 e. The van der Waals surface area contributed by atoms with E-state index < -0.39 is 0 Å². The van der Waals surface area contributed by atoms with Crippen molar-refractivity contribution in [3.63, 3.8) is 0 Å². The molecule has 0 spiro atoms. The van der Waals surface area contributed by atoms with Crippen LogP contribution in [0.3, 0.4) is 0 Å². The maximum atomic E-state index is 10.0. The van der Waals surface area contributed by atoms with E-state index in [1.54, 1.807) is 12.1 Å². The maximum absolute atomic E-state index is 10.0. The van der Waals surface area contributed by atoms with Crippen LogP contribution in [0, 0.1) is 11.2 Å². The molecule has 0 atom stereocenters. The van der Waals surface area contributed by atoms with E-state index in [1.807, 2.05) is 24.2 Å². The fourth-order valence-corrected chi connectivity index (χ4v) is 0.532. The molecule has 4 heteroatoms. The molecular weight excluding hydrogens is 160 g/mol. The summed E-state index contributed by atoms with van der Waals surface area (Å²) in [6.45, 7) is 0. The van der Waals surface area contributed by atoms with Crippen molar-refractivity contribution < 1.29 is 34.4 Å². The van der Waals surface area contributed by atoms with Crippen molar-refractivity contribution in [3.05, 3.63) is 35.9 Å². The molecule has 1 aromatic rings. The Kier molecular flexibility index (Phi) is 12.2. The van der Waals surface area contributed by atoms with Crippen molar-refractivity contribution in [2.75, 3.05) is 0 Å². The number of hydrogen-bond donors (Lipinski definition) is 0. The first-order chi connectivity index (χ1) is 5.35. The minimum absolute atomic E-state index is 0. The molecule has 0 N–H and O–H groups in total. The molecule has 0 radical (unpaired) electrons. The zero-order valence-electron chi connectivity index (χ0n) is 6.32. The third kappa shape index (κ3) is 7.55. The normalized spacial score (nSPS) is 6.33. The molecule has 0 fully saturated rings. The predicted molar refractivity (Wildman–Crippen MR) is 47.4 cm³/mol. The topological polar surface area (TPSA) is 40.9 Å². The van der Waals surface area contributed by atoms with Gasteiger partial charge in [-0.1, -0.05) is 30.3 Å². The van der Waals surface area contributed by atoms with Gasteiger partial charge in [0.1, 0.15) is 6.29 Å². The SMILES string of the molecule is O=Cc1ccccc1.[BH3-]C#N.[Na+]. The summed E-state index contributed by atoms with van der Waals surface area (Å²) in [5, 5.41) is 7.43. The first kappa shape index (κ1) is 14.0. The molecular formula is C8H9BNNaO. The number of nitriles is 1. The van der Waals surface area contributed by atoms with Crippen LogP contribution in [0.15, 0.2) is 30.3 Å². The summed E-state index contributed by atoms with van der Waals surface area (Å²) in [7, 11) is 0.0694. The molecule has 0 heterocycles. The van der Waals surface area contributed by atoms with Gasteiger partial charge in [-0.25, -0.2) is 0 Å². The van der Waals surface area contributed by atoms with E-state index in [1.165, 1.54) is 0 Å². The standard InChI is InChI=1S/C7H6O.CH3BN.Na/c8-6-7-4-2-1-3-5-7;2-1-3;/h1-6H;2H3;/q;-1;+1. The number of carbonyl (C=O) groups excluding carboxylic acids is 1. The fraction of sp³-hybridized carbons (Fsp3) is 0. The predicted octanol–water partition coefficient (Wildman–Crippen LogP) is -2.66. The van der Waals surface area contributed by atoms with Gasteiger partial charge in [-0.2, -0.15) is 5.97 Å². The zero-order valence-corrected chi connectivity index (χ0v) is 8.32. The number of rotatable bonds is 1. The minimum atomic E-state index is 0. The van der Waals surface area contributed by atoms with E-state index in [0.29, 0.717) is 0 Å². The van der Waals surface area contributed by atoms with E-state index in [2.05, 4.69) is 0 Å². The van der Waals surface area contributed by atoms with Crippen molar-refractivity contribution in [1.29, 1.82) is 5.26 Å². The second kappa shape index (κ2) is 10.4. The van der Waals surface area contributed by atoms with Gasteiger partial charge in [-0.05, 0) is 0 Å². The Labute approximate surface area is 95.3 Å². The van der Waals surface area contributed by atoms with Gasteiger partial charge < -0.3 is 0 Å². The summed E-state index contributed by atoms with van der Waals surface area (Å²) in [5.74, 6) is 2.00. The van der Waals surface area contributed by atoms with E-state index in [0.717, 1.165) is 11.8 Å². The second-order valence-corrected chi connectivity index (χ2v) is 1.53. The van der Waals surface area contributed by atoms with Gasteiger partial charge in [0, 0.05) is 5.56 Å². The van der Waals surface area contributed by atoms with Crippen LogP contribution in [0.2, 0.25) is 0 Å². The first-order valence-electron chi connectivity index (χ1n) is 2.66. The van der Waals surface area contributed by atoms with Crippen LogP contribution in [-0.2, 0) is 0 Å². The molecule has 56 valence electrons. The Morgan fingerprint density at radius 2 is 1.75 bits per heavy atom. The Morgan fingerprint density at radius 1 is 1.33 bits per heavy atom. The fourth-order valence-electron chi connectivity index (χ4n) is 0.532. The van der Waals surface area contributed by atoms with Crippen LogP contribution in [0.5, 0.6) is 0 Å². The van der Waals surface area contributed by atoms with Crippen molar-refractivity contribution in [1.82, 2.24) is 0 Å². The molecule has 0 saturated carbocycles. The van der Waals surface area contributed by atoms with Gasteiger partial charge in [0.2, 0.25) is 0 Å². The number of benzene rings is 1. The molecule has 12 heavy (non-hydrogen) atoms. The third-order valence-electron chi connectivity index (χ3n) is 0.936. The summed E-state index contributed by atoms with van der Waals surface area (Å²) in [4.78, 5) is 10.0. The molecule has 0 aromatic heterocycles. The van der Waals surface area contributed by atoms with Crippen LogP contribution in [0.1, 0.15) is 10.4 Å². The Morgan fingerprint density at radius 3 is 2.00 bits per heavy atom. The van der Waals surface area contributed by atoms with Crippen molar-refractivity contribution in [2.45, 2.75) is 0 Å². The average molecular weight is 169 g/mol. The van der Waals surface area contributed by atoms with E-state index in [9.17, 15) is 4.79 Å². The number of carbonyl (C=O) groups is 1. The molecule has 0 aliphatic carbocycles. The zero-order chi connectivity index (χ0) is 8.53. The van der Waals surface area contributed by atoms with Gasteiger partial charge in [0.05, 0.1) is 7.85 Å². The molecule has 0 bridgehead atoms. The van der Waals surface area contributed by atoms with Crippen LogP contribution in [0.25, 0.3) is 0 Å². The average Bonchev–Trinajstić information content (AvgIpc) is 2.08. The van der Waals surface area contributed by atoms with Crippen LogP contribution in [-0.4, -0.2) is 14.1 Å². The summed E-state index contributed by atoms with van der Waals surface area (Å²) in [6.07, 6.45) is 0.833. The van der Waals surface area contributed by atoms with Crippen molar-refractivity contribution >= 4 is 14.1 Å². The molecule has 2 nitrogen and oxygen atoms in total. The van der Waals surface area contributed by atoms with Gasteiger partial charge in [-0.15, -0.1) is 0 Å². The van der Waals surface area contributed by atoms with Gasteiger partial charge in [0.15, 0.2) is 0 Å². The second-order valence-electron chi connectivity index (χ2n) is 1.53. The smallest absolute Gasteiger partial charge is 0.298 e. The van der Waals surface area contributed by atoms with Crippen LogP contribution >= 0.6 is 0 Å². The molecule has 0 aliphatic heterocycles. The van der Waals surface area contributed by atoms with Crippen LogP contribution < -0.4 is 29.6 Å². The van der Waals surface area contributed by atoms with Gasteiger partial charge in [0.25, 0.3) is 0 Å². The Balaban J connectivity index is 0. The minimum Gasteiger partial charge on any atom is -0.298 e. The summed E-state index contributed by atoms with van der Waals surface area (Å²) < 4.78 is 0. The van der Waals surface area contributed by atoms with E-state index >= 15 is 0 Å². The first-order valence-corrected chi connectivity index (χ1v) is 2.66.